The Bertz CT molecular complexity index is 1550. The van der Waals surface area contributed by atoms with Crippen molar-refractivity contribution in [2.24, 2.45) is 5.11 Å². The fourth-order valence-electron chi connectivity index (χ4n) is 5.72. The number of aryl methyl sites for hydroxylation is 1. The summed E-state index contributed by atoms with van der Waals surface area (Å²) >= 11 is 5.19. The molecule has 1 aromatic heterocycles. The van der Waals surface area contributed by atoms with E-state index in [9.17, 15) is 15.1 Å². The van der Waals surface area contributed by atoms with Crippen LogP contribution in [0.15, 0.2) is 81.6 Å². The van der Waals surface area contributed by atoms with Crippen LogP contribution in [-0.4, -0.2) is 54.1 Å². The number of nitrogens with zero attached hydrogens (tertiary/aromatic N) is 4. The van der Waals surface area contributed by atoms with Gasteiger partial charge in [-0.1, -0.05) is 86.5 Å². The third-order valence-corrected chi connectivity index (χ3v) is 12.8. The Morgan fingerprint density at radius 2 is 1.66 bits per heavy atom. The topological polar surface area (TPSA) is 141 Å². The van der Waals surface area contributed by atoms with Crippen molar-refractivity contribution in [3.63, 3.8) is 0 Å². The molecule has 3 heterocycles. The molecule has 0 bridgehead atoms. The molecule has 0 aliphatic carbocycles. The summed E-state index contributed by atoms with van der Waals surface area (Å²) in [5.41, 5.74) is 8.72. The Morgan fingerprint density at radius 3 is 2.22 bits per heavy atom. The molecule has 0 spiro atoms. The van der Waals surface area contributed by atoms with Crippen LogP contribution in [0.1, 0.15) is 32.6 Å². The smallest absolute Gasteiger partial charge is 0.353 e. The molecule has 5 atom stereocenters. The van der Waals surface area contributed by atoms with Gasteiger partial charge in [-0.2, -0.15) is 0 Å². The molecule has 0 amide bonds. The first-order valence-electron chi connectivity index (χ1n) is 13.2. The number of fused-ring (bicyclic) bond motifs is 1. The lowest BCUT2D eigenvalue weighted by Gasteiger charge is -2.43. The van der Waals surface area contributed by atoms with Gasteiger partial charge in [-0.05, 0) is 27.9 Å². The van der Waals surface area contributed by atoms with E-state index < -0.39 is 50.1 Å². The molecule has 214 valence electrons. The summed E-state index contributed by atoms with van der Waals surface area (Å²) in [5.74, 6) is 0. The molecular weight excluding hydrogens is 562 g/mol. The fourth-order valence-corrected chi connectivity index (χ4v) is 10.5. The molecule has 41 heavy (non-hydrogen) atoms. The van der Waals surface area contributed by atoms with E-state index in [4.69, 9.17) is 30.9 Å². The number of thiocarbonyl (C=S) groups is 1. The van der Waals surface area contributed by atoms with E-state index in [1.807, 2.05) is 36.4 Å². The Kier molecular flexibility index (Phi) is 7.90. The van der Waals surface area contributed by atoms with Crippen molar-refractivity contribution in [1.82, 2.24) is 9.55 Å². The van der Waals surface area contributed by atoms with Crippen molar-refractivity contribution in [2.45, 2.75) is 63.3 Å². The first-order chi connectivity index (χ1) is 19.6. The summed E-state index contributed by atoms with van der Waals surface area (Å²) in [6, 6.07) is 19.3. The Labute approximate surface area is 242 Å². The molecular formula is C28H31N5O6SSi. The average molecular weight is 594 g/mol. The van der Waals surface area contributed by atoms with Crippen LogP contribution in [0, 0.1) is 6.92 Å². The van der Waals surface area contributed by atoms with Crippen LogP contribution in [0.2, 0.25) is 5.04 Å². The van der Waals surface area contributed by atoms with Crippen molar-refractivity contribution < 1.29 is 18.6 Å². The fraction of sp³-hybridized carbons (Fsp3) is 0.393. The molecule has 0 radical (unpaired) electrons. The quantitative estimate of drug-likeness (QED) is 0.139. The van der Waals surface area contributed by atoms with Gasteiger partial charge >= 0.3 is 10.9 Å². The molecule has 2 aromatic carbocycles. The van der Waals surface area contributed by atoms with E-state index in [0.29, 0.717) is 5.56 Å². The van der Waals surface area contributed by atoms with Crippen LogP contribution >= 0.6 is 12.2 Å². The number of nitrogens with one attached hydrogen (secondary N) is 1. The molecule has 3 aromatic rings. The van der Waals surface area contributed by atoms with E-state index in [1.54, 1.807) is 6.92 Å². The average Bonchev–Trinajstić information content (AvgIpc) is 3.48. The van der Waals surface area contributed by atoms with Gasteiger partial charge in [0.1, 0.15) is 6.10 Å². The minimum atomic E-state index is -2.97. The lowest BCUT2D eigenvalue weighted by Crippen LogP contribution is -2.67. The molecule has 0 unspecified atom stereocenters. The van der Waals surface area contributed by atoms with Crippen LogP contribution < -0.4 is 21.6 Å². The second-order valence-corrected chi connectivity index (χ2v) is 15.8. The Morgan fingerprint density at radius 1 is 1.07 bits per heavy atom. The van der Waals surface area contributed by atoms with Gasteiger partial charge in [0.25, 0.3) is 13.9 Å². The summed E-state index contributed by atoms with van der Waals surface area (Å²) < 4.78 is 26.1. The van der Waals surface area contributed by atoms with Gasteiger partial charge in [-0.25, -0.2) is 4.79 Å². The van der Waals surface area contributed by atoms with Gasteiger partial charge in [-0.3, -0.25) is 14.3 Å². The van der Waals surface area contributed by atoms with Gasteiger partial charge in [0.15, 0.2) is 18.4 Å². The molecule has 2 saturated heterocycles. The standard InChI is InChI=1S/C28H31N5O6SSi/c1-17-15-33(26(35)30-24(17)34)25-23-22(38-27(40)39-23)21(37-25)20(31-32-29)16-36-41(28(2,3)4,18-11-7-5-8-12-18)19-13-9-6-10-14-19/h5-15,20-23,25H,16H2,1-4H3,(H,30,34,35)/t20-,21-,22-,23-,25-/m1/s1. The van der Waals surface area contributed by atoms with Gasteiger partial charge < -0.3 is 18.6 Å². The van der Waals surface area contributed by atoms with Crippen LogP contribution in [-0.2, 0) is 18.6 Å². The monoisotopic (exact) mass is 593 g/mol. The van der Waals surface area contributed by atoms with E-state index in [2.05, 4.69) is 60.0 Å². The predicted octanol–water partition coefficient (Wildman–Crippen LogP) is 3.07. The number of rotatable bonds is 8. The molecule has 2 fully saturated rings. The summed E-state index contributed by atoms with van der Waals surface area (Å²) in [7, 11) is -2.97. The minimum Gasteiger partial charge on any atom is -0.447 e. The highest BCUT2D eigenvalue weighted by Gasteiger charge is 2.57. The van der Waals surface area contributed by atoms with Crippen molar-refractivity contribution in [1.29, 1.82) is 0 Å². The molecule has 2 aliphatic rings. The lowest BCUT2D eigenvalue weighted by molar-refractivity contribution is -0.0593. The third-order valence-electron chi connectivity index (χ3n) is 7.58. The van der Waals surface area contributed by atoms with Crippen molar-refractivity contribution >= 4 is 36.1 Å². The number of benzene rings is 2. The minimum absolute atomic E-state index is 0.00756. The number of hydrogen-bond acceptors (Lipinski definition) is 8. The van der Waals surface area contributed by atoms with Crippen LogP contribution in [0.25, 0.3) is 10.4 Å². The van der Waals surface area contributed by atoms with Crippen molar-refractivity contribution in [2.75, 3.05) is 6.61 Å². The van der Waals surface area contributed by atoms with E-state index in [1.165, 1.54) is 10.8 Å². The lowest BCUT2D eigenvalue weighted by atomic mass is 10.0. The number of ether oxygens (including phenoxy) is 3. The molecule has 13 heteroatoms. The Hall–Kier alpha value is -3.74. The first-order valence-corrected chi connectivity index (χ1v) is 15.5. The highest BCUT2D eigenvalue weighted by atomic mass is 32.1. The van der Waals surface area contributed by atoms with E-state index in [-0.39, 0.29) is 16.9 Å². The number of H-pyrrole nitrogens is 1. The molecule has 0 saturated carbocycles. The second-order valence-electron chi connectivity index (χ2n) is 11.1. The number of azide groups is 1. The normalized spacial score (nSPS) is 22.8. The van der Waals surface area contributed by atoms with Gasteiger partial charge in [0.05, 0.1) is 6.04 Å². The summed E-state index contributed by atoms with van der Waals surface area (Å²) in [4.78, 5) is 30.1. The van der Waals surface area contributed by atoms with Gasteiger partial charge in [-0.15, -0.1) is 0 Å². The van der Waals surface area contributed by atoms with Crippen molar-refractivity contribution in [3.8, 4) is 0 Å². The van der Waals surface area contributed by atoms with Crippen LogP contribution in [0.3, 0.4) is 0 Å². The summed E-state index contributed by atoms with van der Waals surface area (Å²) in [6.07, 6.45) is -2.03. The van der Waals surface area contributed by atoms with Gasteiger partial charge in [0.2, 0.25) is 0 Å². The zero-order valence-electron chi connectivity index (χ0n) is 23.1. The SMILES string of the molecule is Cc1cn([C@@H]2O[C@H]([C@@H](CO[Si](c3ccccc3)(c3ccccc3)C(C)(C)C)N=[N+]=[N-])[C@H]3OC(=S)O[C@H]32)c(=O)[nH]c1=O. The third kappa shape index (κ3) is 5.22. The molecule has 11 nitrogen and oxygen atoms in total. The van der Waals surface area contributed by atoms with Crippen LogP contribution in [0.5, 0.6) is 0 Å². The maximum absolute atomic E-state index is 12.7. The van der Waals surface area contributed by atoms with E-state index >= 15 is 0 Å². The first kappa shape index (κ1) is 28.8. The van der Waals surface area contributed by atoms with Crippen LogP contribution in [0.4, 0.5) is 0 Å². The predicted molar refractivity (Wildman–Crippen MR) is 159 cm³/mol. The zero-order valence-corrected chi connectivity index (χ0v) is 24.9. The zero-order chi connectivity index (χ0) is 29.4. The van der Waals surface area contributed by atoms with Gasteiger partial charge in [0, 0.05) is 35.5 Å². The second kappa shape index (κ2) is 11.3. The van der Waals surface area contributed by atoms with Crippen molar-refractivity contribution in [3.05, 3.63) is 104 Å². The summed E-state index contributed by atoms with van der Waals surface area (Å²) in [6.45, 7) is 8.04. The molecule has 5 rings (SSSR count). The largest absolute Gasteiger partial charge is 0.447 e. The number of aromatic amines is 1. The highest BCUT2D eigenvalue weighted by Crippen LogP contribution is 2.41. The maximum atomic E-state index is 12.7. The number of hydrogen-bond donors (Lipinski definition) is 1. The maximum Gasteiger partial charge on any atom is 0.353 e. The number of aromatic nitrogens is 2. The highest BCUT2D eigenvalue weighted by molar-refractivity contribution is 7.79. The molecule has 1 N–H and O–H groups in total. The molecule has 2 aliphatic heterocycles. The Balaban J connectivity index is 1.54. The van der Waals surface area contributed by atoms with E-state index in [0.717, 1.165) is 10.4 Å². The summed E-state index contributed by atoms with van der Waals surface area (Å²) in [5, 5.41) is 5.80.